The summed E-state index contributed by atoms with van der Waals surface area (Å²) in [6.07, 6.45) is 2.37. The van der Waals surface area contributed by atoms with Crippen LogP contribution >= 0.6 is 0 Å². The van der Waals surface area contributed by atoms with Crippen molar-refractivity contribution >= 4 is 0 Å². The summed E-state index contributed by atoms with van der Waals surface area (Å²) in [6.45, 7) is 7.42. The van der Waals surface area contributed by atoms with Gasteiger partial charge >= 0.3 is 0 Å². The number of likely N-dealkylation sites (tertiary alicyclic amines) is 1. The van der Waals surface area contributed by atoms with Crippen molar-refractivity contribution in [2.24, 2.45) is 0 Å². The first kappa shape index (κ1) is 9.44. The number of β-amino-alcohol motifs (C(OH)–C–C–N with tert-alkyl or cyclic N) is 1. The van der Waals surface area contributed by atoms with Gasteiger partial charge in [0, 0.05) is 24.7 Å². The van der Waals surface area contributed by atoms with Gasteiger partial charge in [0.25, 0.3) is 0 Å². The maximum absolute atomic E-state index is 9.78. The van der Waals surface area contributed by atoms with E-state index in [2.05, 4.69) is 24.1 Å². The third-order valence-electron chi connectivity index (χ3n) is 3.52. The number of aliphatic hydroxyl groups is 1. The van der Waals surface area contributed by atoms with Gasteiger partial charge in [-0.15, -0.1) is 0 Å². The van der Waals surface area contributed by atoms with Gasteiger partial charge in [0.15, 0.2) is 0 Å². The minimum absolute atomic E-state index is 0.169. The van der Waals surface area contributed by atoms with Crippen LogP contribution in [0, 0.1) is 0 Å². The van der Waals surface area contributed by atoms with Crippen molar-refractivity contribution in [1.29, 1.82) is 0 Å². The summed E-state index contributed by atoms with van der Waals surface area (Å²) in [5.41, 5.74) is 0.289. The van der Waals surface area contributed by atoms with Crippen LogP contribution in [0.5, 0.6) is 0 Å². The molecule has 0 spiro atoms. The molecule has 0 radical (unpaired) electrons. The van der Waals surface area contributed by atoms with E-state index in [0.717, 1.165) is 19.6 Å². The van der Waals surface area contributed by atoms with Crippen LogP contribution in [-0.2, 0) is 0 Å². The summed E-state index contributed by atoms with van der Waals surface area (Å²) in [7, 11) is 0. The van der Waals surface area contributed by atoms with Gasteiger partial charge in [0.2, 0.25) is 0 Å². The molecule has 3 nitrogen and oxygen atoms in total. The number of nitrogens with one attached hydrogen (secondary N) is 1. The Bertz CT molecular complexity index is 193. The predicted molar refractivity (Wildman–Crippen MR) is 52.7 cm³/mol. The second kappa shape index (κ2) is 3.23. The molecule has 2 saturated heterocycles. The van der Waals surface area contributed by atoms with E-state index < -0.39 is 0 Å². The van der Waals surface area contributed by atoms with Crippen molar-refractivity contribution in [3.8, 4) is 0 Å². The van der Waals surface area contributed by atoms with Crippen molar-refractivity contribution in [1.82, 2.24) is 10.2 Å². The molecule has 0 amide bonds. The summed E-state index contributed by atoms with van der Waals surface area (Å²) < 4.78 is 0. The van der Waals surface area contributed by atoms with Crippen LogP contribution in [0.25, 0.3) is 0 Å². The van der Waals surface area contributed by atoms with Crippen LogP contribution in [0.3, 0.4) is 0 Å². The number of aliphatic hydroxyl groups excluding tert-OH is 1. The molecular formula is C10H20N2O. The summed E-state index contributed by atoms with van der Waals surface area (Å²) in [4.78, 5) is 2.47. The Morgan fingerprint density at radius 2 is 2.15 bits per heavy atom. The van der Waals surface area contributed by atoms with Crippen molar-refractivity contribution in [3.63, 3.8) is 0 Å². The minimum atomic E-state index is -0.169. The van der Waals surface area contributed by atoms with Gasteiger partial charge in [-0.1, -0.05) is 0 Å². The summed E-state index contributed by atoms with van der Waals surface area (Å²) in [5.74, 6) is 0. The van der Waals surface area contributed by atoms with E-state index in [9.17, 15) is 5.11 Å². The normalized spacial score (nSPS) is 39.9. The fraction of sp³-hybridized carbons (Fsp3) is 1.00. The van der Waals surface area contributed by atoms with E-state index in [-0.39, 0.29) is 11.6 Å². The molecule has 2 N–H and O–H groups in total. The second-order valence-electron chi connectivity index (χ2n) is 4.90. The first-order valence-electron chi connectivity index (χ1n) is 5.27. The van der Waals surface area contributed by atoms with E-state index in [1.807, 2.05) is 0 Å². The van der Waals surface area contributed by atoms with Crippen LogP contribution in [0.15, 0.2) is 0 Å². The van der Waals surface area contributed by atoms with Gasteiger partial charge in [-0.2, -0.15) is 0 Å². The van der Waals surface area contributed by atoms with Gasteiger partial charge in [-0.25, -0.2) is 0 Å². The lowest BCUT2D eigenvalue weighted by Crippen LogP contribution is -2.50. The number of hydrogen-bond acceptors (Lipinski definition) is 3. The molecule has 2 fully saturated rings. The van der Waals surface area contributed by atoms with Crippen LogP contribution in [-0.4, -0.2) is 47.3 Å². The predicted octanol–water partition coefficient (Wildman–Crippen LogP) is 0.193. The van der Waals surface area contributed by atoms with Crippen molar-refractivity contribution in [3.05, 3.63) is 0 Å². The standard InChI is InChI=1S/C10H20N2O/c1-10(2)4-3-5-12(10)8-6-11-7-9(8)13/h8-9,11,13H,3-7H2,1-2H3. The van der Waals surface area contributed by atoms with Crippen LogP contribution in [0.4, 0.5) is 0 Å². The average Bonchev–Trinajstić information content (AvgIpc) is 2.56. The average molecular weight is 184 g/mol. The molecule has 76 valence electrons. The Labute approximate surface area is 80.1 Å². The molecule has 2 atom stereocenters. The molecule has 0 aromatic heterocycles. The molecule has 3 heteroatoms. The van der Waals surface area contributed by atoms with Crippen LogP contribution in [0.2, 0.25) is 0 Å². The molecule has 13 heavy (non-hydrogen) atoms. The van der Waals surface area contributed by atoms with Gasteiger partial charge in [-0.05, 0) is 33.2 Å². The van der Waals surface area contributed by atoms with Crippen molar-refractivity contribution < 1.29 is 5.11 Å². The molecule has 2 aliphatic rings. The van der Waals surface area contributed by atoms with Crippen molar-refractivity contribution in [2.75, 3.05) is 19.6 Å². The molecule has 0 bridgehead atoms. The fourth-order valence-corrected chi connectivity index (χ4v) is 2.71. The van der Waals surface area contributed by atoms with Gasteiger partial charge in [0.05, 0.1) is 6.10 Å². The summed E-state index contributed by atoms with van der Waals surface area (Å²) in [6, 6.07) is 0.345. The minimum Gasteiger partial charge on any atom is -0.390 e. The van der Waals surface area contributed by atoms with Crippen LogP contribution < -0.4 is 5.32 Å². The summed E-state index contributed by atoms with van der Waals surface area (Å²) in [5, 5.41) is 13.0. The lowest BCUT2D eigenvalue weighted by molar-refractivity contribution is 0.0448. The van der Waals surface area contributed by atoms with Gasteiger partial charge < -0.3 is 10.4 Å². The highest BCUT2D eigenvalue weighted by Crippen LogP contribution is 2.31. The fourth-order valence-electron chi connectivity index (χ4n) is 2.71. The van der Waals surface area contributed by atoms with E-state index in [4.69, 9.17) is 0 Å². The quantitative estimate of drug-likeness (QED) is 0.611. The smallest absolute Gasteiger partial charge is 0.0832 e. The highest BCUT2D eigenvalue weighted by atomic mass is 16.3. The molecule has 0 aromatic carbocycles. The first-order valence-corrected chi connectivity index (χ1v) is 5.27. The third-order valence-corrected chi connectivity index (χ3v) is 3.52. The van der Waals surface area contributed by atoms with E-state index >= 15 is 0 Å². The van der Waals surface area contributed by atoms with Crippen molar-refractivity contribution in [2.45, 2.75) is 44.4 Å². The Hall–Kier alpha value is -0.120. The zero-order chi connectivity index (χ0) is 9.47. The highest BCUT2D eigenvalue weighted by Gasteiger charge is 2.41. The monoisotopic (exact) mass is 184 g/mol. The molecule has 2 heterocycles. The third kappa shape index (κ3) is 1.60. The number of rotatable bonds is 1. The Morgan fingerprint density at radius 1 is 1.38 bits per heavy atom. The number of nitrogens with zero attached hydrogens (tertiary/aromatic N) is 1. The van der Waals surface area contributed by atoms with Gasteiger partial charge in [-0.3, -0.25) is 4.90 Å². The highest BCUT2D eigenvalue weighted by molar-refractivity contribution is 4.98. The Morgan fingerprint density at radius 3 is 2.62 bits per heavy atom. The maximum atomic E-state index is 9.78. The zero-order valence-corrected chi connectivity index (χ0v) is 8.58. The van der Waals surface area contributed by atoms with Crippen LogP contribution in [0.1, 0.15) is 26.7 Å². The molecular weight excluding hydrogens is 164 g/mol. The maximum Gasteiger partial charge on any atom is 0.0832 e. The molecule has 2 aliphatic heterocycles. The first-order chi connectivity index (χ1) is 6.11. The van der Waals surface area contributed by atoms with Gasteiger partial charge in [0.1, 0.15) is 0 Å². The number of hydrogen-bond donors (Lipinski definition) is 2. The molecule has 2 rings (SSSR count). The van der Waals surface area contributed by atoms with E-state index in [1.54, 1.807) is 0 Å². The summed E-state index contributed by atoms with van der Waals surface area (Å²) >= 11 is 0. The lowest BCUT2D eigenvalue weighted by atomic mass is 10.00. The second-order valence-corrected chi connectivity index (χ2v) is 4.90. The Balaban J connectivity index is 2.07. The SMILES string of the molecule is CC1(C)CCCN1C1CNCC1O. The van der Waals surface area contributed by atoms with E-state index in [0.29, 0.717) is 6.04 Å². The zero-order valence-electron chi connectivity index (χ0n) is 8.58. The topological polar surface area (TPSA) is 35.5 Å². The molecule has 0 aliphatic carbocycles. The Kier molecular flexibility index (Phi) is 2.34. The van der Waals surface area contributed by atoms with E-state index in [1.165, 1.54) is 12.8 Å². The largest absolute Gasteiger partial charge is 0.390 e. The lowest BCUT2D eigenvalue weighted by Gasteiger charge is -2.37. The molecule has 0 aromatic rings. The molecule has 0 saturated carbocycles. The molecule has 2 unspecified atom stereocenters.